The third kappa shape index (κ3) is 2.97. The highest BCUT2D eigenvalue weighted by Crippen LogP contribution is 2.64. The summed E-state index contributed by atoms with van der Waals surface area (Å²) in [7, 11) is 0. The van der Waals surface area contributed by atoms with Gasteiger partial charge in [0.2, 0.25) is 0 Å². The van der Waals surface area contributed by atoms with E-state index >= 15 is 0 Å². The van der Waals surface area contributed by atoms with Gasteiger partial charge in [0.15, 0.2) is 5.78 Å². The van der Waals surface area contributed by atoms with Crippen LogP contribution in [0.2, 0.25) is 0 Å². The molecule has 0 saturated heterocycles. The maximum atomic E-state index is 14.1. The molecule has 6 aliphatic rings. The van der Waals surface area contributed by atoms with E-state index < -0.39 is 5.60 Å². The monoisotopic (exact) mass is 404 g/mol. The van der Waals surface area contributed by atoms with Crippen LogP contribution < -0.4 is 5.32 Å². The molecule has 6 aliphatic carbocycles. The van der Waals surface area contributed by atoms with E-state index in [9.17, 15) is 15.2 Å². The molecule has 0 radical (unpaired) electrons. The van der Waals surface area contributed by atoms with Gasteiger partial charge in [-0.15, -0.1) is 0 Å². The second kappa shape index (κ2) is 6.65. The largest absolute Gasteiger partial charge is 0.390 e. The zero-order valence-electron chi connectivity index (χ0n) is 17.6. The molecule has 0 aliphatic heterocycles. The van der Waals surface area contributed by atoms with E-state index in [-0.39, 0.29) is 29.1 Å². The summed E-state index contributed by atoms with van der Waals surface area (Å²) in [4.78, 5) is 14.1. The summed E-state index contributed by atoms with van der Waals surface area (Å²) in [6.07, 6.45) is 7.96. The second-order valence-electron chi connectivity index (χ2n) is 11.4. The van der Waals surface area contributed by atoms with Crippen LogP contribution in [0.5, 0.6) is 0 Å². The molecule has 0 spiro atoms. The maximum Gasteiger partial charge on any atom is 0.154 e. The van der Waals surface area contributed by atoms with Gasteiger partial charge in [0, 0.05) is 12.5 Å². The van der Waals surface area contributed by atoms with Crippen LogP contribution in [-0.4, -0.2) is 22.5 Å². The Kier molecular flexibility index (Phi) is 4.21. The third-order valence-electron chi connectivity index (χ3n) is 9.25. The quantitative estimate of drug-likeness (QED) is 0.756. The van der Waals surface area contributed by atoms with Crippen molar-refractivity contribution < 1.29 is 9.90 Å². The Labute approximate surface area is 179 Å². The van der Waals surface area contributed by atoms with E-state index in [1.54, 1.807) is 0 Å². The first-order valence-corrected chi connectivity index (χ1v) is 11.9. The number of nitrogens with zero attached hydrogens (tertiary/aromatic N) is 1. The first-order valence-electron chi connectivity index (χ1n) is 11.9. The molecule has 7 atom stereocenters. The molecule has 2 N–H and O–H groups in total. The molecular weight excluding hydrogens is 372 g/mol. The Morgan fingerprint density at radius 3 is 2.53 bits per heavy atom. The predicted molar refractivity (Wildman–Crippen MR) is 113 cm³/mol. The first-order chi connectivity index (χ1) is 14.5. The minimum Gasteiger partial charge on any atom is -0.390 e. The predicted octanol–water partition coefficient (Wildman–Crippen LogP) is 3.84. The number of aliphatic hydroxyl groups is 1. The Balaban J connectivity index is 1.33. The molecular formula is C26H32N2O2. The minimum absolute atomic E-state index is 0.101. The van der Waals surface area contributed by atoms with Crippen molar-refractivity contribution in [1.82, 2.24) is 5.32 Å². The van der Waals surface area contributed by atoms with Crippen LogP contribution in [-0.2, 0) is 11.3 Å². The number of fused-ring (bicyclic) bond motifs is 1. The van der Waals surface area contributed by atoms with Crippen molar-refractivity contribution in [1.29, 1.82) is 5.26 Å². The molecule has 158 valence electrons. The molecule has 0 aromatic heterocycles. The fourth-order valence-corrected chi connectivity index (χ4v) is 8.54. The second-order valence-corrected chi connectivity index (χ2v) is 11.4. The van der Waals surface area contributed by atoms with Crippen molar-refractivity contribution >= 4 is 5.78 Å². The summed E-state index contributed by atoms with van der Waals surface area (Å²) < 4.78 is 0. The van der Waals surface area contributed by atoms with E-state index in [1.807, 2.05) is 18.2 Å². The van der Waals surface area contributed by atoms with Crippen LogP contribution in [0.3, 0.4) is 0 Å². The number of carbonyl (C=O) groups is 1. The van der Waals surface area contributed by atoms with Crippen LogP contribution in [0, 0.1) is 52.3 Å². The lowest BCUT2D eigenvalue weighted by Crippen LogP contribution is -2.64. The van der Waals surface area contributed by atoms with Crippen LogP contribution in [0.15, 0.2) is 30.3 Å². The fourth-order valence-electron chi connectivity index (χ4n) is 8.54. The molecule has 30 heavy (non-hydrogen) atoms. The smallest absolute Gasteiger partial charge is 0.154 e. The lowest BCUT2D eigenvalue weighted by atomic mass is 9.45. The SMILES string of the molecule is N#C[C@@H]1C[C@@H]2C[C@@H]2C1C(=O)[C@@H](NCc1ccccc1)C12CC3CC(CC(O)(C3)C1)C2. The molecule has 6 fully saturated rings. The normalized spacial score (nSPS) is 46.3. The van der Waals surface area contributed by atoms with Gasteiger partial charge in [0.05, 0.1) is 23.6 Å². The highest BCUT2D eigenvalue weighted by molar-refractivity contribution is 5.89. The molecule has 4 bridgehead atoms. The summed E-state index contributed by atoms with van der Waals surface area (Å²) in [5, 5.41) is 24.7. The summed E-state index contributed by atoms with van der Waals surface area (Å²) in [5.41, 5.74) is 0.465. The number of nitrogens with one attached hydrogen (secondary N) is 1. The molecule has 0 heterocycles. The molecule has 7 rings (SSSR count). The van der Waals surface area contributed by atoms with Crippen molar-refractivity contribution in [2.45, 2.75) is 69.6 Å². The number of hydrogen-bond acceptors (Lipinski definition) is 4. The van der Waals surface area contributed by atoms with Crippen LogP contribution in [0.25, 0.3) is 0 Å². The molecule has 4 heteroatoms. The van der Waals surface area contributed by atoms with Gasteiger partial charge in [-0.05, 0) is 86.0 Å². The van der Waals surface area contributed by atoms with Gasteiger partial charge in [-0.2, -0.15) is 5.26 Å². The number of rotatable bonds is 6. The maximum absolute atomic E-state index is 14.1. The lowest BCUT2D eigenvalue weighted by molar-refractivity contribution is -0.178. The van der Waals surface area contributed by atoms with E-state index in [0.717, 1.165) is 44.9 Å². The number of benzene rings is 1. The van der Waals surface area contributed by atoms with E-state index in [2.05, 4.69) is 23.5 Å². The highest BCUT2D eigenvalue weighted by atomic mass is 16.3. The molecule has 1 aromatic rings. The van der Waals surface area contributed by atoms with Crippen LogP contribution in [0.1, 0.15) is 56.9 Å². The standard InChI is InChI=1S/C26H32N2O2/c27-13-20-7-19-8-21(19)22(20)23(29)24(28-14-16-4-2-1-3-5-16)25-9-17-6-18(10-25)12-26(30,11-17)15-25/h1-5,17-22,24,28,30H,6-12,14-15H2/t17?,18?,19-,20+,21+,22?,24-,25?,26?/m1/s1. The van der Waals surface area contributed by atoms with Gasteiger partial charge in [-0.1, -0.05) is 30.3 Å². The number of nitriles is 1. The van der Waals surface area contributed by atoms with Crippen molar-refractivity contribution in [3.05, 3.63) is 35.9 Å². The summed E-state index contributed by atoms with van der Waals surface area (Å²) >= 11 is 0. The number of carbonyl (C=O) groups excluding carboxylic acids is 1. The van der Waals surface area contributed by atoms with Crippen molar-refractivity contribution in [3.8, 4) is 6.07 Å². The molecule has 6 saturated carbocycles. The number of Topliss-reactive ketones (excluding diaryl/α,β-unsaturated/α-hetero) is 1. The Morgan fingerprint density at radius 1 is 1.13 bits per heavy atom. The number of hydrogen-bond donors (Lipinski definition) is 2. The third-order valence-corrected chi connectivity index (χ3v) is 9.25. The lowest BCUT2D eigenvalue weighted by Gasteiger charge is -2.62. The van der Waals surface area contributed by atoms with E-state index in [0.29, 0.717) is 30.2 Å². The highest BCUT2D eigenvalue weighted by Gasteiger charge is 2.64. The Hall–Kier alpha value is -1.70. The minimum atomic E-state index is -0.580. The van der Waals surface area contributed by atoms with Crippen molar-refractivity contribution in [3.63, 3.8) is 0 Å². The molecule has 3 unspecified atom stereocenters. The average molecular weight is 405 g/mol. The first kappa shape index (κ1) is 19.0. The summed E-state index contributed by atoms with van der Waals surface area (Å²) in [5.74, 6) is 2.20. The fraction of sp³-hybridized carbons (Fsp3) is 0.692. The molecule has 4 nitrogen and oxygen atoms in total. The Bertz CT molecular complexity index is 876. The average Bonchev–Trinajstić information content (AvgIpc) is 3.36. The van der Waals surface area contributed by atoms with E-state index in [1.165, 1.54) is 12.0 Å². The molecule has 0 amide bonds. The van der Waals surface area contributed by atoms with Crippen LogP contribution in [0.4, 0.5) is 0 Å². The summed E-state index contributed by atoms with van der Waals surface area (Å²) in [6.45, 7) is 0.671. The zero-order valence-corrected chi connectivity index (χ0v) is 17.6. The van der Waals surface area contributed by atoms with Gasteiger partial charge in [0.25, 0.3) is 0 Å². The summed E-state index contributed by atoms with van der Waals surface area (Å²) in [6, 6.07) is 12.5. The van der Waals surface area contributed by atoms with Crippen molar-refractivity contribution in [2.75, 3.05) is 0 Å². The van der Waals surface area contributed by atoms with Crippen LogP contribution >= 0.6 is 0 Å². The van der Waals surface area contributed by atoms with Gasteiger partial charge in [0.1, 0.15) is 0 Å². The van der Waals surface area contributed by atoms with Gasteiger partial charge in [-0.3, -0.25) is 4.79 Å². The zero-order chi connectivity index (χ0) is 20.5. The number of ketones is 1. The van der Waals surface area contributed by atoms with E-state index in [4.69, 9.17) is 0 Å². The van der Waals surface area contributed by atoms with Gasteiger partial charge < -0.3 is 10.4 Å². The van der Waals surface area contributed by atoms with Crippen molar-refractivity contribution in [2.24, 2.45) is 40.9 Å². The van der Waals surface area contributed by atoms with Gasteiger partial charge >= 0.3 is 0 Å². The Morgan fingerprint density at radius 2 is 1.87 bits per heavy atom. The molecule has 1 aromatic carbocycles. The van der Waals surface area contributed by atoms with Gasteiger partial charge in [-0.25, -0.2) is 0 Å². The topological polar surface area (TPSA) is 73.1 Å².